The minimum absolute atomic E-state index is 0. The summed E-state index contributed by atoms with van der Waals surface area (Å²) in [5.74, 6) is 0.412. The zero-order valence-corrected chi connectivity index (χ0v) is 15.6. The number of nitrogens with zero attached hydrogens (tertiary/aromatic N) is 2. The van der Waals surface area contributed by atoms with E-state index in [1.54, 1.807) is 18.3 Å². The second-order valence-electron chi connectivity index (χ2n) is 6.67. The van der Waals surface area contributed by atoms with E-state index >= 15 is 0 Å². The predicted molar refractivity (Wildman–Crippen MR) is 105 cm³/mol. The van der Waals surface area contributed by atoms with Crippen LogP contribution in [-0.2, 0) is 19.3 Å². The van der Waals surface area contributed by atoms with Crippen LogP contribution in [0, 0.1) is 5.82 Å². The minimum atomic E-state index is -0.202. The van der Waals surface area contributed by atoms with Crippen molar-refractivity contribution in [2.24, 2.45) is 0 Å². The molecule has 0 aliphatic heterocycles. The molecule has 3 aromatic rings. The second-order valence-corrected chi connectivity index (χ2v) is 6.67. The Morgan fingerprint density at radius 1 is 1.26 bits per heavy atom. The van der Waals surface area contributed by atoms with Gasteiger partial charge in [0.1, 0.15) is 5.82 Å². The third-order valence-corrected chi connectivity index (χ3v) is 4.88. The van der Waals surface area contributed by atoms with E-state index in [0.717, 1.165) is 42.6 Å². The van der Waals surface area contributed by atoms with Gasteiger partial charge in [-0.05, 0) is 62.1 Å². The highest BCUT2D eigenvalue weighted by atomic mass is 35.5. The van der Waals surface area contributed by atoms with Gasteiger partial charge >= 0.3 is 0 Å². The highest BCUT2D eigenvalue weighted by Crippen LogP contribution is 2.18. The summed E-state index contributed by atoms with van der Waals surface area (Å²) in [5, 5.41) is 6.71. The first-order valence-electron chi connectivity index (χ1n) is 8.93. The zero-order valence-electron chi connectivity index (χ0n) is 14.8. The molecule has 0 saturated heterocycles. The molecule has 27 heavy (non-hydrogen) atoms. The van der Waals surface area contributed by atoms with Crippen molar-refractivity contribution in [3.63, 3.8) is 0 Å². The Bertz CT molecular complexity index is 954. The summed E-state index contributed by atoms with van der Waals surface area (Å²) in [5.41, 5.74) is 2.80. The fraction of sp³-hybridized carbons (Fsp3) is 0.300. The molecule has 2 N–H and O–H groups in total. The average Bonchev–Trinajstić information content (AvgIpc) is 2.99. The normalized spacial score (nSPS) is 15.8. The van der Waals surface area contributed by atoms with Gasteiger partial charge in [0.2, 0.25) is 0 Å². The molecule has 1 unspecified atom stereocenters. The topological polar surface area (TPSA) is 62.7 Å². The summed E-state index contributed by atoms with van der Waals surface area (Å²) in [7, 11) is 0. The molecule has 2 heterocycles. The van der Waals surface area contributed by atoms with Gasteiger partial charge in [-0.15, -0.1) is 12.4 Å². The van der Waals surface area contributed by atoms with Gasteiger partial charge in [-0.3, -0.25) is 9.89 Å². The third kappa shape index (κ3) is 4.28. The molecule has 1 aliphatic rings. The molecular weight excluding hydrogens is 367 g/mol. The van der Waals surface area contributed by atoms with E-state index in [4.69, 9.17) is 0 Å². The maximum absolute atomic E-state index is 13.2. The standard InChI is InChI=1S/C20H21FN4O.ClH/c21-15-5-3-4-14(12-15)9-11-22-16-7-8-18-17(13-16)20(26)25(24-18)19-6-1-2-10-23-19;/h1-6,10,12,16,22,24H,7-9,11,13H2;1H. The SMILES string of the molecule is Cl.O=c1c2c([nH]n1-c1ccccn1)CCC(NCCc1cccc(F)c1)C2. The zero-order chi connectivity index (χ0) is 17.9. The number of H-pyrrole nitrogens is 1. The second kappa shape index (κ2) is 8.50. The van der Waals surface area contributed by atoms with E-state index in [0.29, 0.717) is 12.2 Å². The van der Waals surface area contributed by atoms with E-state index < -0.39 is 0 Å². The summed E-state index contributed by atoms with van der Waals surface area (Å²) in [4.78, 5) is 17.0. The number of fused-ring (bicyclic) bond motifs is 1. The number of hydrogen-bond acceptors (Lipinski definition) is 3. The van der Waals surface area contributed by atoms with Crippen molar-refractivity contribution in [2.45, 2.75) is 31.7 Å². The molecule has 0 bridgehead atoms. The Kier molecular flexibility index (Phi) is 6.08. The van der Waals surface area contributed by atoms with Crippen molar-refractivity contribution in [3.8, 4) is 5.82 Å². The van der Waals surface area contributed by atoms with Crippen LogP contribution in [0.4, 0.5) is 4.39 Å². The molecule has 2 aromatic heterocycles. The lowest BCUT2D eigenvalue weighted by Crippen LogP contribution is -2.37. The van der Waals surface area contributed by atoms with Gasteiger partial charge in [0, 0.05) is 23.5 Å². The maximum atomic E-state index is 13.2. The summed E-state index contributed by atoms with van der Waals surface area (Å²) in [6, 6.07) is 12.5. The van der Waals surface area contributed by atoms with E-state index in [1.165, 1.54) is 10.7 Å². The van der Waals surface area contributed by atoms with E-state index in [-0.39, 0.29) is 29.8 Å². The van der Waals surface area contributed by atoms with Gasteiger partial charge in [-0.2, -0.15) is 0 Å². The molecule has 0 spiro atoms. The molecule has 1 atom stereocenters. The van der Waals surface area contributed by atoms with Gasteiger partial charge in [0.05, 0.1) is 0 Å². The molecule has 142 valence electrons. The number of halogens is 2. The van der Waals surface area contributed by atoms with Crippen LogP contribution in [0.2, 0.25) is 0 Å². The van der Waals surface area contributed by atoms with Gasteiger partial charge in [-0.1, -0.05) is 18.2 Å². The lowest BCUT2D eigenvalue weighted by Gasteiger charge is -2.22. The van der Waals surface area contributed by atoms with Crippen LogP contribution < -0.4 is 10.9 Å². The molecular formula is C20H22ClFN4O. The molecule has 4 rings (SSSR count). The fourth-order valence-corrected chi connectivity index (χ4v) is 3.54. The first-order chi connectivity index (χ1) is 12.7. The number of pyridine rings is 1. The lowest BCUT2D eigenvalue weighted by atomic mass is 9.93. The summed E-state index contributed by atoms with van der Waals surface area (Å²) < 4.78 is 14.8. The largest absolute Gasteiger partial charge is 0.313 e. The van der Waals surface area contributed by atoms with Crippen LogP contribution in [0.3, 0.4) is 0 Å². The lowest BCUT2D eigenvalue weighted by molar-refractivity contribution is 0.458. The van der Waals surface area contributed by atoms with Gasteiger partial charge < -0.3 is 5.32 Å². The van der Waals surface area contributed by atoms with Crippen LogP contribution in [0.5, 0.6) is 0 Å². The first-order valence-corrected chi connectivity index (χ1v) is 8.93. The van der Waals surface area contributed by atoms with Crippen LogP contribution in [-0.4, -0.2) is 27.4 Å². The summed E-state index contributed by atoms with van der Waals surface area (Å²) in [6.07, 6.45) is 4.96. The molecule has 0 radical (unpaired) electrons. The van der Waals surface area contributed by atoms with Crippen LogP contribution in [0.1, 0.15) is 23.2 Å². The summed E-state index contributed by atoms with van der Waals surface area (Å²) in [6.45, 7) is 0.766. The number of hydrogen-bond donors (Lipinski definition) is 2. The molecule has 7 heteroatoms. The van der Waals surface area contributed by atoms with Crippen LogP contribution in [0.25, 0.3) is 5.82 Å². The van der Waals surface area contributed by atoms with Gasteiger partial charge in [0.15, 0.2) is 5.82 Å². The van der Waals surface area contributed by atoms with Gasteiger partial charge in [0.25, 0.3) is 5.56 Å². The minimum Gasteiger partial charge on any atom is -0.313 e. The van der Waals surface area contributed by atoms with E-state index in [1.807, 2.05) is 24.3 Å². The van der Waals surface area contributed by atoms with Crippen molar-refractivity contribution in [3.05, 3.63) is 81.7 Å². The monoisotopic (exact) mass is 388 g/mol. The number of benzene rings is 1. The molecule has 0 saturated carbocycles. The van der Waals surface area contributed by atoms with Crippen molar-refractivity contribution >= 4 is 12.4 Å². The molecule has 0 fully saturated rings. The fourth-order valence-electron chi connectivity index (χ4n) is 3.54. The van der Waals surface area contributed by atoms with E-state index in [2.05, 4.69) is 15.4 Å². The molecule has 5 nitrogen and oxygen atoms in total. The van der Waals surface area contributed by atoms with Crippen molar-refractivity contribution in [1.29, 1.82) is 0 Å². The number of nitrogens with one attached hydrogen (secondary N) is 2. The first kappa shape index (κ1) is 19.3. The Hall–Kier alpha value is -2.44. The highest BCUT2D eigenvalue weighted by molar-refractivity contribution is 5.85. The Balaban J connectivity index is 0.00000210. The van der Waals surface area contributed by atoms with E-state index in [9.17, 15) is 9.18 Å². The van der Waals surface area contributed by atoms with Crippen molar-refractivity contribution in [2.75, 3.05) is 6.54 Å². The quantitative estimate of drug-likeness (QED) is 0.706. The van der Waals surface area contributed by atoms with Crippen molar-refractivity contribution < 1.29 is 4.39 Å². The number of aromatic nitrogens is 3. The number of aryl methyl sites for hydroxylation is 1. The van der Waals surface area contributed by atoms with Crippen LogP contribution in [0.15, 0.2) is 53.5 Å². The molecule has 1 aliphatic carbocycles. The predicted octanol–water partition coefficient (Wildman–Crippen LogP) is 2.81. The Morgan fingerprint density at radius 2 is 2.15 bits per heavy atom. The summed E-state index contributed by atoms with van der Waals surface area (Å²) >= 11 is 0. The Labute approximate surface area is 163 Å². The molecule has 1 aromatic carbocycles. The number of aromatic amines is 1. The van der Waals surface area contributed by atoms with Gasteiger partial charge in [-0.25, -0.2) is 14.1 Å². The average molecular weight is 389 g/mol. The third-order valence-electron chi connectivity index (χ3n) is 4.88. The highest BCUT2D eigenvalue weighted by Gasteiger charge is 2.24. The molecule has 0 amide bonds. The Morgan fingerprint density at radius 3 is 2.93 bits per heavy atom. The smallest absolute Gasteiger partial charge is 0.276 e. The number of rotatable bonds is 5. The maximum Gasteiger partial charge on any atom is 0.276 e. The van der Waals surface area contributed by atoms with Crippen LogP contribution >= 0.6 is 12.4 Å². The van der Waals surface area contributed by atoms with Crippen molar-refractivity contribution in [1.82, 2.24) is 20.1 Å².